The van der Waals surface area contributed by atoms with Crippen molar-refractivity contribution in [3.63, 3.8) is 0 Å². The van der Waals surface area contributed by atoms with Gasteiger partial charge in [-0.25, -0.2) is 0 Å². The van der Waals surface area contributed by atoms with Crippen molar-refractivity contribution in [1.29, 1.82) is 0 Å². The molecule has 0 bridgehead atoms. The van der Waals surface area contributed by atoms with E-state index in [0.29, 0.717) is 25.1 Å². The number of hydrogen-bond donors (Lipinski definition) is 2. The number of likely N-dealkylation sites (N-methyl/N-ethyl adjacent to an activating group) is 1. The lowest BCUT2D eigenvalue weighted by atomic mass is 9.97. The van der Waals surface area contributed by atoms with Crippen molar-refractivity contribution in [3.8, 4) is 0 Å². The Kier molecular flexibility index (Phi) is 5.79. The number of rotatable bonds is 5. The van der Waals surface area contributed by atoms with Crippen molar-refractivity contribution in [2.24, 2.45) is 0 Å². The molecular weight excluding hydrogens is 292 g/mol. The minimum Gasteiger partial charge on any atom is -0.394 e. The van der Waals surface area contributed by atoms with Crippen LogP contribution in [0.1, 0.15) is 36.2 Å². The average molecular weight is 320 g/mol. The normalized spacial score (nSPS) is 19.9. The van der Waals surface area contributed by atoms with Crippen LogP contribution in [0.15, 0.2) is 24.3 Å². The fourth-order valence-corrected chi connectivity index (χ4v) is 2.91. The third-order valence-electron chi connectivity index (χ3n) is 4.36. The second-order valence-electron chi connectivity index (χ2n) is 7.11. The molecule has 0 aliphatic carbocycles. The maximum absolute atomic E-state index is 12.8. The molecule has 1 aromatic carbocycles. The molecular formula is C18H28N2O3. The van der Waals surface area contributed by atoms with Crippen molar-refractivity contribution in [2.45, 2.75) is 38.3 Å². The number of carbonyl (C=O) groups excluding carboxylic acids is 1. The highest BCUT2D eigenvalue weighted by atomic mass is 16.3. The van der Waals surface area contributed by atoms with Crippen molar-refractivity contribution >= 4 is 5.91 Å². The van der Waals surface area contributed by atoms with E-state index in [9.17, 15) is 15.0 Å². The minimum absolute atomic E-state index is 0.0194. The Morgan fingerprint density at radius 1 is 1.35 bits per heavy atom. The van der Waals surface area contributed by atoms with Gasteiger partial charge in [0.2, 0.25) is 0 Å². The van der Waals surface area contributed by atoms with Gasteiger partial charge in [0, 0.05) is 25.2 Å². The minimum atomic E-state index is -0.709. The van der Waals surface area contributed by atoms with E-state index in [-0.39, 0.29) is 18.6 Å². The van der Waals surface area contributed by atoms with Gasteiger partial charge in [-0.15, -0.1) is 0 Å². The highest BCUT2D eigenvalue weighted by Crippen LogP contribution is 2.17. The molecule has 1 heterocycles. The van der Waals surface area contributed by atoms with E-state index < -0.39 is 5.60 Å². The molecule has 1 atom stereocenters. The summed E-state index contributed by atoms with van der Waals surface area (Å²) in [5.41, 5.74) is 0.994. The highest BCUT2D eigenvalue weighted by molar-refractivity contribution is 5.94. The van der Waals surface area contributed by atoms with E-state index in [1.165, 1.54) is 0 Å². The molecule has 0 unspecified atom stereocenters. The molecule has 1 aliphatic rings. The lowest BCUT2D eigenvalue weighted by molar-refractivity contribution is 0.0356. The van der Waals surface area contributed by atoms with E-state index in [4.69, 9.17) is 0 Å². The molecule has 1 fully saturated rings. The molecule has 128 valence electrons. The first-order valence-electron chi connectivity index (χ1n) is 8.22. The zero-order chi connectivity index (χ0) is 17.0. The molecule has 5 heteroatoms. The summed E-state index contributed by atoms with van der Waals surface area (Å²) in [6.45, 7) is 5.71. The van der Waals surface area contributed by atoms with Gasteiger partial charge in [-0.3, -0.25) is 4.79 Å². The largest absolute Gasteiger partial charge is 0.394 e. The Balaban J connectivity index is 2.10. The molecule has 2 rings (SSSR count). The highest BCUT2D eigenvalue weighted by Gasteiger charge is 2.29. The summed E-state index contributed by atoms with van der Waals surface area (Å²) in [4.78, 5) is 16.7. The third kappa shape index (κ3) is 5.03. The van der Waals surface area contributed by atoms with Gasteiger partial charge in [-0.2, -0.15) is 0 Å². The van der Waals surface area contributed by atoms with Gasteiger partial charge < -0.3 is 20.0 Å². The Bertz CT molecular complexity index is 539. The molecule has 1 aromatic rings. The Labute approximate surface area is 138 Å². The molecule has 1 aliphatic heterocycles. The number of aryl methyl sites for hydroxylation is 1. The summed E-state index contributed by atoms with van der Waals surface area (Å²) in [6.07, 6.45) is 1.38. The lowest BCUT2D eigenvalue weighted by Gasteiger charge is -2.39. The fourth-order valence-electron chi connectivity index (χ4n) is 2.91. The Morgan fingerprint density at radius 2 is 2.09 bits per heavy atom. The van der Waals surface area contributed by atoms with Crippen LogP contribution in [0.2, 0.25) is 0 Å². The topological polar surface area (TPSA) is 64.0 Å². The van der Waals surface area contributed by atoms with Gasteiger partial charge in [-0.1, -0.05) is 12.1 Å². The maximum Gasteiger partial charge on any atom is 0.254 e. The number of aliphatic hydroxyl groups excluding tert-OH is 1. The van der Waals surface area contributed by atoms with E-state index >= 15 is 0 Å². The van der Waals surface area contributed by atoms with Gasteiger partial charge >= 0.3 is 0 Å². The van der Waals surface area contributed by atoms with E-state index in [1.807, 2.05) is 31.3 Å². The second-order valence-corrected chi connectivity index (χ2v) is 7.11. The lowest BCUT2D eigenvalue weighted by Crippen LogP contribution is -2.55. The van der Waals surface area contributed by atoms with Gasteiger partial charge in [-0.05, 0) is 51.4 Å². The molecule has 23 heavy (non-hydrogen) atoms. The van der Waals surface area contributed by atoms with Crippen LogP contribution in [0.5, 0.6) is 0 Å². The summed E-state index contributed by atoms with van der Waals surface area (Å²) in [7, 11) is 2.00. The first-order chi connectivity index (χ1) is 10.8. The molecule has 0 spiro atoms. The predicted octanol–water partition coefficient (Wildman–Crippen LogP) is 1.14. The Morgan fingerprint density at radius 3 is 2.74 bits per heavy atom. The predicted molar refractivity (Wildman–Crippen MR) is 90.5 cm³/mol. The van der Waals surface area contributed by atoms with E-state index in [2.05, 4.69) is 4.90 Å². The number of nitrogens with zero attached hydrogens (tertiary/aromatic N) is 2. The number of hydrogen-bond acceptors (Lipinski definition) is 4. The number of benzene rings is 1. The van der Waals surface area contributed by atoms with E-state index in [1.54, 1.807) is 18.7 Å². The molecule has 5 nitrogen and oxygen atoms in total. The summed E-state index contributed by atoms with van der Waals surface area (Å²) in [6, 6.07) is 7.44. The van der Waals surface area contributed by atoms with Gasteiger partial charge in [0.15, 0.2) is 0 Å². The summed E-state index contributed by atoms with van der Waals surface area (Å²) >= 11 is 0. The van der Waals surface area contributed by atoms with Crippen LogP contribution >= 0.6 is 0 Å². The zero-order valence-electron chi connectivity index (χ0n) is 14.3. The SMILES string of the molecule is CN1CCN(C(=O)c2cccc(CCC(C)(C)O)c2)[C@@H](CO)C1. The number of piperazine rings is 1. The molecule has 0 radical (unpaired) electrons. The van der Waals surface area contributed by atoms with Crippen LogP contribution in [0.3, 0.4) is 0 Å². The molecule has 1 amide bonds. The monoisotopic (exact) mass is 320 g/mol. The second kappa shape index (κ2) is 7.43. The van der Waals surface area contributed by atoms with Crippen molar-refractivity contribution in [3.05, 3.63) is 35.4 Å². The van der Waals surface area contributed by atoms with Gasteiger partial charge in [0.05, 0.1) is 18.2 Å². The molecule has 0 saturated carbocycles. The number of amides is 1. The van der Waals surface area contributed by atoms with Crippen LogP contribution in [-0.2, 0) is 6.42 Å². The smallest absolute Gasteiger partial charge is 0.254 e. The summed E-state index contributed by atoms with van der Waals surface area (Å²) < 4.78 is 0. The maximum atomic E-state index is 12.8. The van der Waals surface area contributed by atoms with Crippen LogP contribution in [0.25, 0.3) is 0 Å². The molecule has 2 N–H and O–H groups in total. The first-order valence-corrected chi connectivity index (χ1v) is 8.22. The van der Waals surface area contributed by atoms with Crippen molar-refractivity contribution in [1.82, 2.24) is 9.80 Å². The van der Waals surface area contributed by atoms with Crippen LogP contribution < -0.4 is 0 Å². The van der Waals surface area contributed by atoms with Crippen LogP contribution in [-0.4, -0.2) is 70.9 Å². The van der Waals surface area contributed by atoms with Gasteiger partial charge in [0.25, 0.3) is 5.91 Å². The quantitative estimate of drug-likeness (QED) is 0.854. The first kappa shape index (κ1) is 17.9. The van der Waals surface area contributed by atoms with Crippen molar-refractivity contribution in [2.75, 3.05) is 33.3 Å². The Hall–Kier alpha value is -1.43. The van der Waals surface area contributed by atoms with Crippen molar-refractivity contribution < 1.29 is 15.0 Å². The fraction of sp³-hybridized carbons (Fsp3) is 0.611. The van der Waals surface area contributed by atoms with Crippen LogP contribution in [0.4, 0.5) is 0 Å². The molecule has 1 saturated heterocycles. The number of carbonyl (C=O) groups is 1. The third-order valence-corrected chi connectivity index (χ3v) is 4.36. The molecule has 0 aromatic heterocycles. The van der Waals surface area contributed by atoms with Crippen LogP contribution in [0, 0.1) is 0 Å². The summed E-state index contributed by atoms with van der Waals surface area (Å²) in [5, 5.41) is 19.4. The van der Waals surface area contributed by atoms with E-state index in [0.717, 1.165) is 18.5 Å². The zero-order valence-corrected chi connectivity index (χ0v) is 14.3. The standard InChI is InChI=1S/C18H28N2O3/c1-18(2,23)8-7-14-5-4-6-15(11-14)17(22)20-10-9-19(3)12-16(20)13-21/h4-6,11,16,21,23H,7-10,12-13H2,1-3H3/t16-/m1/s1. The summed E-state index contributed by atoms with van der Waals surface area (Å²) in [5.74, 6) is -0.0257. The van der Waals surface area contributed by atoms with Gasteiger partial charge in [0.1, 0.15) is 0 Å². The average Bonchev–Trinajstić information content (AvgIpc) is 2.51. The number of aliphatic hydroxyl groups is 2.